The van der Waals surface area contributed by atoms with Crippen molar-refractivity contribution >= 4 is 34.3 Å². The molecule has 0 saturated carbocycles. The molecule has 31 heavy (non-hydrogen) atoms. The summed E-state index contributed by atoms with van der Waals surface area (Å²) in [4.78, 5) is 40.8. The van der Waals surface area contributed by atoms with Gasteiger partial charge in [0.1, 0.15) is 0 Å². The van der Waals surface area contributed by atoms with Crippen molar-refractivity contribution in [1.29, 1.82) is 0 Å². The van der Waals surface area contributed by atoms with Crippen LogP contribution in [0.15, 0.2) is 30.5 Å². The predicted octanol–water partition coefficient (Wildman–Crippen LogP) is 2.88. The number of hydrogen-bond donors (Lipinski definition) is 1. The molecule has 2 aliphatic rings. The van der Waals surface area contributed by atoms with Crippen LogP contribution in [-0.2, 0) is 16.0 Å². The van der Waals surface area contributed by atoms with Crippen LogP contribution in [-0.4, -0.2) is 70.0 Å². The highest BCUT2D eigenvalue weighted by Gasteiger charge is 2.37. The summed E-state index contributed by atoms with van der Waals surface area (Å²) < 4.78 is 1.60. The summed E-state index contributed by atoms with van der Waals surface area (Å²) in [6, 6.07) is 6.06. The average Bonchev–Trinajstić information content (AvgIpc) is 3.13. The fourth-order valence-electron chi connectivity index (χ4n) is 5.02. The van der Waals surface area contributed by atoms with Crippen molar-refractivity contribution in [2.45, 2.75) is 39.2 Å². The lowest BCUT2D eigenvalue weighted by Gasteiger charge is -2.40. The molecule has 2 aromatic rings. The molecule has 0 fully saturated rings. The predicted molar refractivity (Wildman–Crippen MR) is 119 cm³/mol. The maximum atomic E-state index is 13.0. The van der Waals surface area contributed by atoms with E-state index in [4.69, 9.17) is 5.11 Å². The Kier molecular flexibility index (Phi) is 5.71. The molecule has 1 aromatic carbocycles. The number of aromatic nitrogens is 1. The van der Waals surface area contributed by atoms with E-state index in [0.29, 0.717) is 19.6 Å². The van der Waals surface area contributed by atoms with E-state index >= 15 is 0 Å². The van der Waals surface area contributed by atoms with Gasteiger partial charge in [0.05, 0.1) is 17.9 Å². The van der Waals surface area contributed by atoms with Crippen LogP contribution >= 0.6 is 0 Å². The van der Waals surface area contributed by atoms with Crippen molar-refractivity contribution in [2.75, 3.05) is 26.7 Å². The third kappa shape index (κ3) is 3.67. The molecular formula is C24H29N3O4. The first-order valence-electron chi connectivity index (χ1n) is 10.9. The van der Waals surface area contributed by atoms with Gasteiger partial charge in [-0.25, -0.2) is 0 Å². The van der Waals surface area contributed by atoms with Gasteiger partial charge in [-0.05, 0) is 50.1 Å². The van der Waals surface area contributed by atoms with E-state index in [-0.39, 0.29) is 36.6 Å². The molecule has 2 heterocycles. The van der Waals surface area contributed by atoms with Crippen LogP contribution in [0.2, 0.25) is 0 Å². The summed E-state index contributed by atoms with van der Waals surface area (Å²) in [6.45, 7) is 6.07. The topological polar surface area (TPSA) is 82.8 Å². The molecule has 1 amide bonds. The molecule has 1 aliphatic carbocycles. The van der Waals surface area contributed by atoms with Gasteiger partial charge in [0.2, 0.25) is 11.8 Å². The van der Waals surface area contributed by atoms with E-state index in [2.05, 4.69) is 24.1 Å². The Hall–Kier alpha value is -2.93. The number of rotatable bonds is 6. The van der Waals surface area contributed by atoms with Crippen LogP contribution in [0.5, 0.6) is 0 Å². The van der Waals surface area contributed by atoms with Crippen molar-refractivity contribution in [3.05, 3.63) is 41.6 Å². The summed E-state index contributed by atoms with van der Waals surface area (Å²) in [5, 5.41) is 9.98. The zero-order valence-electron chi connectivity index (χ0n) is 18.3. The van der Waals surface area contributed by atoms with Gasteiger partial charge < -0.3 is 10.0 Å². The summed E-state index contributed by atoms with van der Waals surface area (Å²) in [5.74, 6) is -1.22. The number of fused-ring (bicyclic) bond motifs is 2. The van der Waals surface area contributed by atoms with E-state index in [1.165, 1.54) is 0 Å². The highest BCUT2D eigenvalue weighted by molar-refractivity contribution is 6.03. The molecule has 4 rings (SSSR count). The Labute approximate surface area is 181 Å². The number of carboxylic acids is 1. The van der Waals surface area contributed by atoms with Crippen LogP contribution in [0.25, 0.3) is 16.5 Å². The minimum atomic E-state index is -0.975. The minimum Gasteiger partial charge on any atom is -0.481 e. The van der Waals surface area contributed by atoms with Crippen LogP contribution in [0.3, 0.4) is 0 Å². The second kappa shape index (κ2) is 8.30. The van der Waals surface area contributed by atoms with Gasteiger partial charge in [0, 0.05) is 43.7 Å². The minimum absolute atomic E-state index is 0.0325. The Morgan fingerprint density at radius 2 is 1.90 bits per heavy atom. The second-order valence-electron chi connectivity index (χ2n) is 8.41. The maximum absolute atomic E-state index is 13.0. The van der Waals surface area contributed by atoms with E-state index in [9.17, 15) is 14.4 Å². The van der Waals surface area contributed by atoms with Crippen molar-refractivity contribution in [1.82, 2.24) is 14.4 Å². The van der Waals surface area contributed by atoms with Crippen LogP contribution in [0, 0.1) is 5.92 Å². The highest BCUT2D eigenvalue weighted by atomic mass is 16.4. The smallest absolute Gasteiger partial charge is 0.303 e. The van der Waals surface area contributed by atoms with E-state index in [0.717, 1.165) is 34.0 Å². The molecule has 1 N–H and O–H groups in total. The molecular weight excluding hydrogens is 394 g/mol. The number of benzene rings is 1. The zero-order chi connectivity index (χ0) is 22.3. The molecule has 1 aliphatic heterocycles. The lowest BCUT2D eigenvalue weighted by molar-refractivity contribution is -0.137. The third-order valence-electron chi connectivity index (χ3n) is 6.60. The molecule has 164 valence electrons. The van der Waals surface area contributed by atoms with Gasteiger partial charge in [-0.3, -0.25) is 23.9 Å². The lowest BCUT2D eigenvalue weighted by atomic mass is 9.79. The quantitative estimate of drug-likeness (QED) is 0.773. The monoisotopic (exact) mass is 423 g/mol. The van der Waals surface area contributed by atoms with Crippen molar-refractivity contribution in [3.8, 4) is 0 Å². The second-order valence-corrected chi connectivity index (χ2v) is 8.41. The van der Waals surface area contributed by atoms with E-state index in [1.54, 1.807) is 4.57 Å². The molecule has 0 unspecified atom stereocenters. The maximum Gasteiger partial charge on any atom is 0.303 e. The van der Waals surface area contributed by atoms with E-state index < -0.39 is 5.97 Å². The number of aliphatic carboxylic acids is 1. The number of likely N-dealkylation sites (N-methyl/N-ethyl adjacent to an activating group) is 1. The van der Waals surface area contributed by atoms with Crippen molar-refractivity contribution in [3.63, 3.8) is 0 Å². The van der Waals surface area contributed by atoms with Crippen molar-refractivity contribution < 1.29 is 19.5 Å². The number of hydrogen-bond acceptors (Lipinski definition) is 4. The molecule has 0 bridgehead atoms. The third-order valence-corrected chi connectivity index (χ3v) is 6.60. The molecule has 1 aromatic heterocycles. The summed E-state index contributed by atoms with van der Waals surface area (Å²) in [7, 11) is 2.06. The highest BCUT2D eigenvalue weighted by Crippen LogP contribution is 2.42. The van der Waals surface area contributed by atoms with Crippen LogP contribution in [0.4, 0.5) is 0 Å². The summed E-state index contributed by atoms with van der Waals surface area (Å²) in [5.41, 5.74) is 4.12. The molecule has 0 radical (unpaired) electrons. The number of carboxylic acid groups (broad SMARTS) is 1. The van der Waals surface area contributed by atoms with Crippen LogP contribution < -0.4 is 0 Å². The molecule has 0 spiro atoms. The zero-order valence-corrected chi connectivity index (χ0v) is 18.3. The molecule has 7 heteroatoms. The van der Waals surface area contributed by atoms with Gasteiger partial charge >= 0.3 is 5.97 Å². The average molecular weight is 424 g/mol. The molecule has 2 atom stereocenters. The summed E-state index contributed by atoms with van der Waals surface area (Å²) >= 11 is 0. The SMILES string of the molecule is CCN(CC)C(=O)[C@@H]1C=C2c3cccc4c3c(cn4C(=O)CCC(=O)O)C[C@H]2N(C)C1. The molecule has 7 nitrogen and oxygen atoms in total. The number of nitrogens with zero attached hydrogens (tertiary/aromatic N) is 3. The van der Waals surface area contributed by atoms with Gasteiger partial charge in [-0.2, -0.15) is 0 Å². The Bertz CT molecular complexity index is 1080. The Morgan fingerprint density at radius 3 is 2.58 bits per heavy atom. The fourth-order valence-corrected chi connectivity index (χ4v) is 5.02. The first-order chi connectivity index (χ1) is 14.8. The number of carbonyl (C=O) groups is 3. The van der Waals surface area contributed by atoms with Crippen LogP contribution in [0.1, 0.15) is 42.6 Å². The number of amides is 1. The van der Waals surface area contributed by atoms with Gasteiger partial charge in [0.15, 0.2) is 0 Å². The molecule has 0 saturated heterocycles. The summed E-state index contributed by atoms with van der Waals surface area (Å²) in [6.07, 6.45) is 4.55. The Morgan fingerprint density at radius 1 is 1.16 bits per heavy atom. The largest absolute Gasteiger partial charge is 0.481 e. The van der Waals surface area contributed by atoms with Gasteiger partial charge in [-0.15, -0.1) is 0 Å². The first-order valence-corrected chi connectivity index (χ1v) is 10.9. The first kappa shape index (κ1) is 21.3. The van der Waals surface area contributed by atoms with E-state index in [1.807, 2.05) is 37.1 Å². The Balaban J connectivity index is 1.77. The standard InChI is InChI=1S/C24H29N3O4/c1-4-26(5-2)24(31)16-11-18-17-7-6-8-19-23(17)15(12-20(18)25(3)13-16)14-27(19)21(28)9-10-22(29)30/h6-8,11,14,16,20H,4-5,9-10,12-13H2,1-3H3,(H,29,30)/t16-,20-/m1/s1. The van der Waals surface area contributed by atoms with Gasteiger partial charge in [0.25, 0.3) is 0 Å². The van der Waals surface area contributed by atoms with Crippen molar-refractivity contribution in [2.24, 2.45) is 5.92 Å². The number of carbonyl (C=O) groups excluding carboxylic acids is 2. The lowest BCUT2D eigenvalue weighted by Crippen LogP contribution is -2.47. The fraction of sp³-hybridized carbons (Fsp3) is 0.458. The normalized spacial score (nSPS) is 20.3. The van der Waals surface area contributed by atoms with Gasteiger partial charge in [-0.1, -0.05) is 18.2 Å².